The van der Waals surface area contributed by atoms with E-state index >= 15 is 0 Å². The molecule has 0 bridgehead atoms. The molecule has 1 heterocycles. The van der Waals surface area contributed by atoms with Crippen LogP contribution in [0.3, 0.4) is 0 Å². The van der Waals surface area contributed by atoms with Crippen molar-refractivity contribution < 1.29 is 0 Å². The van der Waals surface area contributed by atoms with Crippen LogP contribution >= 0.6 is 11.8 Å². The van der Waals surface area contributed by atoms with Gasteiger partial charge in [0, 0.05) is 16.2 Å². The van der Waals surface area contributed by atoms with Crippen molar-refractivity contribution in [3.05, 3.63) is 53.7 Å². The molecule has 0 radical (unpaired) electrons. The Hall–Kier alpha value is -1.81. The van der Waals surface area contributed by atoms with Gasteiger partial charge in [-0.25, -0.2) is 4.98 Å². The predicted octanol–water partition coefficient (Wildman–Crippen LogP) is 2.83. The molecule has 2 aromatic rings. The van der Waals surface area contributed by atoms with Crippen LogP contribution < -0.4 is 5.73 Å². The number of nitrogens with one attached hydrogen (secondary N) is 1. The first-order valence-corrected chi connectivity index (χ1v) is 6.03. The van der Waals surface area contributed by atoms with Gasteiger partial charge in [0.2, 0.25) is 0 Å². The molecule has 2 rings (SSSR count). The third-order valence-electron chi connectivity index (χ3n) is 2.25. The first-order valence-electron chi connectivity index (χ1n) is 5.22. The monoisotopic (exact) mass is 243 g/mol. The Morgan fingerprint density at radius 1 is 1.18 bits per heavy atom. The molecule has 0 aliphatic rings. The van der Waals surface area contributed by atoms with Crippen molar-refractivity contribution in [2.75, 3.05) is 0 Å². The molecule has 86 valence electrons. The Balaban J connectivity index is 2.37. The summed E-state index contributed by atoms with van der Waals surface area (Å²) in [6.07, 6.45) is 0. The quantitative estimate of drug-likeness (QED) is 0.643. The minimum absolute atomic E-state index is 0.0518. The molecule has 0 amide bonds. The molecule has 0 unspecified atom stereocenters. The van der Waals surface area contributed by atoms with E-state index in [-0.39, 0.29) is 5.84 Å². The van der Waals surface area contributed by atoms with Crippen molar-refractivity contribution in [3.8, 4) is 0 Å². The average Bonchev–Trinajstić information content (AvgIpc) is 2.30. The van der Waals surface area contributed by atoms with Gasteiger partial charge in [-0.3, -0.25) is 5.41 Å². The van der Waals surface area contributed by atoms with Gasteiger partial charge in [-0.1, -0.05) is 30.0 Å². The molecule has 1 aromatic carbocycles. The third-order valence-corrected chi connectivity index (χ3v) is 3.26. The van der Waals surface area contributed by atoms with Crippen molar-refractivity contribution in [3.63, 3.8) is 0 Å². The third kappa shape index (κ3) is 2.85. The van der Waals surface area contributed by atoms with Crippen LogP contribution in [0.4, 0.5) is 0 Å². The van der Waals surface area contributed by atoms with E-state index < -0.39 is 0 Å². The zero-order valence-corrected chi connectivity index (χ0v) is 10.3. The van der Waals surface area contributed by atoms with Gasteiger partial charge in [-0.2, -0.15) is 0 Å². The van der Waals surface area contributed by atoms with Gasteiger partial charge in [0.05, 0.1) is 0 Å². The lowest BCUT2D eigenvalue weighted by Crippen LogP contribution is -2.13. The maximum atomic E-state index is 7.54. The molecule has 0 aliphatic carbocycles. The van der Waals surface area contributed by atoms with E-state index in [0.717, 1.165) is 15.6 Å². The normalized spacial score (nSPS) is 10.2. The summed E-state index contributed by atoms with van der Waals surface area (Å²) in [5, 5.41) is 8.32. The molecule has 0 atom stereocenters. The van der Waals surface area contributed by atoms with Gasteiger partial charge in [0.15, 0.2) is 0 Å². The standard InChI is InChI=1S/C13H13N3S/c1-9-7-8-11(12(14)15)13(16-9)17-10-5-3-2-4-6-10/h2-8H,1H3,(H3,14,15). The number of nitrogens with two attached hydrogens (primary N) is 1. The second-order valence-corrected chi connectivity index (χ2v) is 4.70. The molecule has 0 aliphatic heterocycles. The fraction of sp³-hybridized carbons (Fsp3) is 0.0769. The highest BCUT2D eigenvalue weighted by molar-refractivity contribution is 7.99. The van der Waals surface area contributed by atoms with Gasteiger partial charge in [-0.05, 0) is 31.2 Å². The molecule has 0 saturated heterocycles. The molecule has 1 aromatic heterocycles. The lowest BCUT2D eigenvalue weighted by Gasteiger charge is -2.07. The zero-order valence-electron chi connectivity index (χ0n) is 9.47. The van der Waals surface area contributed by atoms with Gasteiger partial charge >= 0.3 is 0 Å². The molecule has 0 spiro atoms. The summed E-state index contributed by atoms with van der Waals surface area (Å²) in [7, 11) is 0. The van der Waals surface area contributed by atoms with Gasteiger partial charge < -0.3 is 5.73 Å². The maximum Gasteiger partial charge on any atom is 0.125 e. The second kappa shape index (κ2) is 5.01. The topological polar surface area (TPSA) is 62.8 Å². The van der Waals surface area contributed by atoms with Gasteiger partial charge in [0.25, 0.3) is 0 Å². The number of nitrogen functional groups attached to an aromatic ring is 1. The minimum Gasteiger partial charge on any atom is -0.384 e. The van der Waals surface area contributed by atoms with Gasteiger partial charge in [0.1, 0.15) is 10.9 Å². The van der Waals surface area contributed by atoms with Crippen LogP contribution in [0.2, 0.25) is 0 Å². The summed E-state index contributed by atoms with van der Waals surface area (Å²) >= 11 is 1.52. The number of benzene rings is 1. The number of aromatic nitrogens is 1. The fourth-order valence-corrected chi connectivity index (χ4v) is 2.41. The van der Waals surface area contributed by atoms with E-state index in [1.807, 2.05) is 49.4 Å². The lowest BCUT2D eigenvalue weighted by atomic mass is 10.2. The molecular weight excluding hydrogens is 230 g/mol. The van der Waals surface area contributed by atoms with Crippen molar-refractivity contribution >= 4 is 17.6 Å². The van der Waals surface area contributed by atoms with Crippen LogP contribution in [0.25, 0.3) is 0 Å². The van der Waals surface area contributed by atoms with Crippen molar-refractivity contribution in [1.29, 1.82) is 5.41 Å². The van der Waals surface area contributed by atoms with Crippen molar-refractivity contribution in [1.82, 2.24) is 4.98 Å². The van der Waals surface area contributed by atoms with Crippen LogP contribution in [-0.2, 0) is 0 Å². The maximum absolute atomic E-state index is 7.54. The lowest BCUT2D eigenvalue weighted by molar-refractivity contribution is 1.05. The molecule has 0 fully saturated rings. The highest BCUT2D eigenvalue weighted by Gasteiger charge is 2.08. The van der Waals surface area contributed by atoms with Gasteiger partial charge in [-0.15, -0.1) is 0 Å². The highest BCUT2D eigenvalue weighted by Crippen LogP contribution is 2.28. The molecule has 17 heavy (non-hydrogen) atoms. The summed E-state index contributed by atoms with van der Waals surface area (Å²) in [6, 6.07) is 13.7. The summed E-state index contributed by atoms with van der Waals surface area (Å²) in [6.45, 7) is 1.93. The van der Waals surface area contributed by atoms with Crippen LogP contribution in [0.5, 0.6) is 0 Å². The fourth-order valence-electron chi connectivity index (χ4n) is 1.42. The molecule has 4 heteroatoms. The van der Waals surface area contributed by atoms with Crippen LogP contribution in [0, 0.1) is 12.3 Å². The summed E-state index contributed by atoms with van der Waals surface area (Å²) in [5.74, 6) is 0.0518. The van der Waals surface area contributed by atoms with Crippen LogP contribution in [0.15, 0.2) is 52.4 Å². The first kappa shape index (κ1) is 11.7. The summed E-state index contributed by atoms with van der Waals surface area (Å²) < 4.78 is 0. The van der Waals surface area contributed by atoms with E-state index in [9.17, 15) is 0 Å². The number of nitrogens with zero attached hydrogens (tertiary/aromatic N) is 1. The second-order valence-electron chi connectivity index (χ2n) is 3.63. The Morgan fingerprint density at radius 2 is 1.88 bits per heavy atom. The Labute approximate surface area is 105 Å². The summed E-state index contributed by atoms with van der Waals surface area (Å²) in [5.41, 5.74) is 7.16. The molecule has 3 nitrogen and oxygen atoms in total. The minimum atomic E-state index is 0.0518. The smallest absolute Gasteiger partial charge is 0.125 e. The number of aryl methyl sites for hydroxylation is 1. The Morgan fingerprint density at radius 3 is 2.53 bits per heavy atom. The van der Waals surface area contributed by atoms with Crippen LogP contribution in [-0.4, -0.2) is 10.8 Å². The van der Waals surface area contributed by atoms with E-state index in [2.05, 4.69) is 4.98 Å². The number of amidine groups is 1. The number of pyridine rings is 1. The number of hydrogen-bond acceptors (Lipinski definition) is 3. The summed E-state index contributed by atoms with van der Waals surface area (Å²) in [4.78, 5) is 5.52. The van der Waals surface area contributed by atoms with E-state index in [4.69, 9.17) is 11.1 Å². The average molecular weight is 243 g/mol. The number of hydrogen-bond donors (Lipinski definition) is 2. The number of rotatable bonds is 3. The first-order chi connectivity index (χ1) is 8.16. The van der Waals surface area contributed by atoms with E-state index in [1.54, 1.807) is 0 Å². The Kier molecular flexibility index (Phi) is 3.44. The predicted molar refractivity (Wildman–Crippen MR) is 70.6 cm³/mol. The Bertz CT molecular complexity index is 538. The van der Waals surface area contributed by atoms with E-state index in [0.29, 0.717) is 5.56 Å². The SMILES string of the molecule is Cc1ccc(C(=N)N)c(Sc2ccccc2)n1. The zero-order chi connectivity index (χ0) is 12.3. The van der Waals surface area contributed by atoms with Crippen LogP contribution in [0.1, 0.15) is 11.3 Å². The molecular formula is C13H13N3S. The molecule has 3 N–H and O–H groups in total. The molecule has 0 saturated carbocycles. The van der Waals surface area contributed by atoms with E-state index in [1.165, 1.54) is 11.8 Å². The highest BCUT2D eigenvalue weighted by atomic mass is 32.2. The van der Waals surface area contributed by atoms with Crippen molar-refractivity contribution in [2.24, 2.45) is 5.73 Å². The largest absolute Gasteiger partial charge is 0.384 e. The van der Waals surface area contributed by atoms with Crippen molar-refractivity contribution in [2.45, 2.75) is 16.8 Å².